The monoisotopic (exact) mass is 361 g/mol. The number of hydrogen-bond donors (Lipinski definition) is 1. The van der Waals surface area contributed by atoms with Crippen LogP contribution in [0.15, 0.2) is 48.5 Å². The largest absolute Gasteiger partial charge is 0.497 e. The average Bonchev–Trinajstić information content (AvgIpc) is 3.09. The molecule has 1 N–H and O–H groups in total. The first-order valence-corrected chi connectivity index (χ1v) is 8.98. The Kier molecular flexibility index (Phi) is 6.19. The van der Waals surface area contributed by atoms with Gasteiger partial charge < -0.3 is 14.6 Å². The summed E-state index contributed by atoms with van der Waals surface area (Å²) in [6.07, 6.45) is 1.65. The van der Waals surface area contributed by atoms with Gasteiger partial charge in [0, 0.05) is 12.6 Å². The first-order valence-electron chi connectivity index (χ1n) is 8.61. The summed E-state index contributed by atoms with van der Waals surface area (Å²) in [5, 5.41) is 11.0. The van der Waals surface area contributed by atoms with E-state index in [9.17, 15) is 5.11 Å². The lowest BCUT2D eigenvalue weighted by atomic mass is 10.0. The SMILES string of the molecule is COc1cccc(C2CCCN2CC(O)COc2ccccc2Cl)c1. The Hall–Kier alpha value is -1.75. The van der Waals surface area contributed by atoms with Crippen LogP contribution >= 0.6 is 11.6 Å². The first-order chi connectivity index (χ1) is 12.2. The van der Waals surface area contributed by atoms with E-state index in [4.69, 9.17) is 21.1 Å². The van der Waals surface area contributed by atoms with Gasteiger partial charge in [-0.3, -0.25) is 4.90 Å². The van der Waals surface area contributed by atoms with Crippen molar-refractivity contribution in [1.82, 2.24) is 4.90 Å². The summed E-state index contributed by atoms with van der Waals surface area (Å²) in [7, 11) is 1.68. The number of rotatable bonds is 7. The van der Waals surface area contributed by atoms with Crippen LogP contribution in [-0.4, -0.2) is 42.9 Å². The van der Waals surface area contributed by atoms with Gasteiger partial charge in [0.2, 0.25) is 0 Å². The number of hydrogen-bond acceptors (Lipinski definition) is 4. The van der Waals surface area contributed by atoms with Crippen LogP contribution in [0.4, 0.5) is 0 Å². The third-order valence-electron chi connectivity index (χ3n) is 4.56. The van der Waals surface area contributed by atoms with Crippen LogP contribution in [0.1, 0.15) is 24.4 Å². The molecule has 2 unspecified atom stereocenters. The maximum atomic E-state index is 10.4. The molecule has 0 radical (unpaired) electrons. The van der Waals surface area contributed by atoms with Crippen molar-refractivity contribution < 1.29 is 14.6 Å². The highest BCUT2D eigenvalue weighted by Crippen LogP contribution is 2.33. The predicted molar refractivity (Wildman–Crippen MR) is 99.5 cm³/mol. The van der Waals surface area contributed by atoms with Gasteiger partial charge in [-0.1, -0.05) is 35.9 Å². The number of halogens is 1. The van der Waals surface area contributed by atoms with Gasteiger partial charge in [0.1, 0.15) is 24.2 Å². The Morgan fingerprint density at radius 1 is 1.24 bits per heavy atom. The Labute approximate surface area is 153 Å². The lowest BCUT2D eigenvalue weighted by Gasteiger charge is -2.27. The molecule has 2 aromatic carbocycles. The van der Waals surface area contributed by atoms with Crippen LogP contribution in [-0.2, 0) is 0 Å². The summed E-state index contributed by atoms with van der Waals surface area (Å²) < 4.78 is 11.0. The van der Waals surface area contributed by atoms with Crippen LogP contribution in [0.5, 0.6) is 11.5 Å². The number of nitrogens with zero attached hydrogens (tertiary/aromatic N) is 1. The van der Waals surface area contributed by atoms with E-state index in [1.807, 2.05) is 30.3 Å². The number of aliphatic hydroxyl groups is 1. The summed E-state index contributed by atoms with van der Waals surface area (Å²) in [5.41, 5.74) is 1.23. The third-order valence-corrected chi connectivity index (χ3v) is 4.87. The Bertz CT molecular complexity index is 694. The predicted octanol–water partition coefficient (Wildman–Crippen LogP) is 3.93. The molecule has 4 nitrogen and oxygen atoms in total. The second kappa shape index (κ2) is 8.56. The molecule has 5 heteroatoms. The van der Waals surface area contributed by atoms with E-state index in [0.717, 1.165) is 25.1 Å². The molecular weight excluding hydrogens is 338 g/mol. The molecule has 1 heterocycles. The van der Waals surface area contributed by atoms with Gasteiger partial charge in [-0.2, -0.15) is 0 Å². The minimum absolute atomic E-state index is 0.227. The zero-order valence-electron chi connectivity index (χ0n) is 14.4. The summed E-state index contributed by atoms with van der Waals surface area (Å²) in [4.78, 5) is 2.31. The first kappa shape index (κ1) is 18.1. The van der Waals surface area contributed by atoms with E-state index in [-0.39, 0.29) is 6.61 Å². The standard InChI is InChI=1S/C20H24ClNO3/c1-24-17-7-4-6-15(12-17)19-9-5-11-22(19)13-16(23)14-25-20-10-3-2-8-18(20)21/h2-4,6-8,10,12,16,19,23H,5,9,11,13-14H2,1H3. The number of likely N-dealkylation sites (tertiary alicyclic amines) is 1. The number of β-amino-alcohol motifs (C(OH)–C–C–N with tert-alkyl or cyclic N) is 1. The minimum atomic E-state index is -0.567. The molecule has 25 heavy (non-hydrogen) atoms. The van der Waals surface area contributed by atoms with Crippen LogP contribution < -0.4 is 9.47 Å². The summed E-state index contributed by atoms with van der Waals surface area (Å²) >= 11 is 6.08. The number of para-hydroxylation sites is 1. The Morgan fingerprint density at radius 2 is 2.08 bits per heavy atom. The van der Waals surface area contributed by atoms with E-state index in [2.05, 4.69) is 17.0 Å². The summed E-state index contributed by atoms with van der Waals surface area (Å²) in [6.45, 7) is 1.78. The smallest absolute Gasteiger partial charge is 0.138 e. The van der Waals surface area contributed by atoms with Gasteiger partial charge in [-0.25, -0.2) is 0 Å². The molecule has 0 aliphatic carbocycles. The fraction of sp³-hybridized carbons (Fsp3) is 0.400. The molecule has 2 aromatic rings. The zero-order valence-corrected chi connectivity index (χ0v) is 15.2. The van der Waals surface area contributed by atoms with Crippen molar-refractivity contribution in [2.75, 3.05) is 26.8 Å². The molecule has 1 aliphatic rings. The topological polar surface area (TPSA) is 41.9 Å². The van der Waals surface area contributed by atoms with Crippen LogP contribution in [0.25, 0.3) is 0 Å². The van der Waals surface area contributed by atoms with Crippen molar-refractivity contribution in [3.8, 4) is 11.5 Å². The van der Waals surface area contributed by atoms with Crippen molar-refractivity contribution in [3.05, 3.63) is 59.1 Å². The van der Waals surface area contributed by atoms with Crippen LogP contribution in [0.3, 0.4) is 0 Å². The lowest BCUT2D eigenvalue weighted by molar-refractivity contribution is 0.0638. The quantitative estimate of drug-likeness (QED) is 0.811. The van der Waals surface area contributed by atoms with Crippen molar-refractivity contribution in [2.45, 2.75) is 25.0 Å². The van der Waals surface area contributed by atoms with Crippen molar-refractivity contribution in [3.63, 3.8) is 0 Å². The molecule has 0 saturated carbocycles. The van der Waals surface area contributed by atoms with E-state index in [0.29, 0.717) is 23.4 Å². The summed E-state index contributed by atoms with van der Waals surface area (Å²) in [6, 6.07) is 15.8. The normalized spacial score (nSPS) is 18.9. The van der Waals surface area contributed by atoms with E-state index >= 15 is 0 Å². The molecular formula is C20H24ClNO3. The Balaban J connectivity index is 1.58. The number of benzene rings is 2. The number of ether oxygens (including phenoxy) is 2. The number of aliphatic hydroxyl groups excluding tert-OH is 1. The maximum absolute atomic E-state index is 10.4. The molecule has 0 amide bonds. The van der Waals surface area contributed by atoms with E-state index < -0.39 is 6.10 Å². The fourth-order valence-corrected chi connectivity index (χ4v) is 3.53. The van der Waals surface area contributed by atoms with Gasteiger partial charge in [0.05, 0.1) is 12.1 Å². The molecule has 1 saturated heterocycles. The second-order valence-corrected chi connectivity index (χ2v) is 6.73. The van der Waals surface area contributed by atoms with Crippen LogP contribution in [0, 0.1) is 0 Å². The molecule has 1 fully saturated rings. The van der Waals surface area contributed by atoms with Gasteiger partial charge in [-0.15, -0.1) is 0 Å². The minimum Gasteiger partial charge on any atom is -0.497 e. The second-order valence-electron chi connectivity index (χ2n) is 6.32. The molecule has 134 valence electrons. The molecule has 3 rings (SSSR count). The van der Waals surface area contributed by atoms with Crippen molar-refractivity contribution in [1.29, 1.82) is 0 Å². The molecule has 0 spiro atoms. The van der Waals surface area contributed by atoms with Gasteiger partial charge in [0.15, 0.2) is 0 Å². The maximum Gasteiger partial charge on any atom is 0.138 e. The molecule has 1 aliphatic heterocycles. The highest BCUT2D eigenvalue weighted by atomic mass is 35.5. The van der Waals surface area contributed by atoms with Gasteiger partial charge in [0.25, 0.3) is 0 Å². The highest BCUT2D eigenvalue weighted by molar-refractivity contribution is 6.32. The van der Waals surface area contributed by atoms with Gasteiger partial charge >= 0.3 is 0 Å². The van der Waals surface area contributed by atoms with Gasteiger partial charge in [-0.05, 0) is 49.2 Å². The zero-order chi connectivity index (χ0) is 17.6. The van der Waals surface area contributed by atoms with E-state index in [1.165, 1.54) is 5.56 Å². The van der Waals surface area contributed by atoms with Crippen molar-refractivity contribution >= 4 is 11.6 Å². The highest BCUT2D eigenvalue weighted by Gasteiger charge is 2.28. The molecule has 0 aromatic heterocycles. The third kappa shape index (κ3) is 4.66. The average molecular weight is 362 g/mol. The fourth-order valence-electron chi connectivity index (χ4n) is 3.34. The van der Waals surface area contributed by atoms with Crippen LogP contribution in [0.2, 0.25) is 5.02 Å². The van der Waals surface area contributed by atoms with E-state index in [1.54, 1.807) is 13.2 Å². The van der Waals surface area contributed by atoms with Crippen molar-refractivity contribution in [2.24, 2.45) is 0 Å². The number of methoxy groups -OCH3 is 1. The summed E-state index contributed by atoms with van der Waals surface area (Å²) in [5.74, 6) is 1.47. The molecule has 0 bridgehead atoms. The Morgan fingerprint density at radius 3 is 2.88 bits per heavy atom. The molecule has 2 atom stereocenters. The lowest BCUT2D eigenvalue weighted by Crippen LogP contribution is -2.35.